The van der Waals surface area contributed by atoms with Crippen molar-refractivity contribution in [3.8, 4) is 5.75 Å². The van der Waals surface area contributed by atoms with Crippen molar-refractivity contribution in [3.05, 3.63) is 42.0 Å². The number of carbonyl (C=O) groups is 1. The van der Waals surface area contributed by atoms with E-state index in [0.29, 0.717) is 24.9 Å². The van der Waals surface area contributed by atoms with E-state index in [2.05, 4.69) is 0 Å². The summed E-state index contributed by atoms with van der Waals surface area (Å²) in [7, 11) is 1.15. The topological polar surface area (TPSA) is 66.9 Å². The van der Waals surface area contributed by atoms with Gasteiger partial charge in [-0.2, -0.15) is 17.0 Å². The number of methoxy groups -OCH3 is 1. The van der Waals surface area contributed by atoms with Crippen molar-refractivity contribution >= 4 is 26.8 Å². The first-order chi connectivity index (χ1) is 12.3. The number of piperidine rings is 1. The Balaban J connectivity index is 1.83. The fraction of sp³-hybridized carbons (Fsp3) is 0.421. The molecule has 0 aromatic heterocycles. The number of hydrogen-bond donors (Lipinski definition) is 0. The lowest BCUT2D eigenvalue weighted by atomic mass is 9.90. The van der Waals surface area contributed by atoms with Crippen molar-refractivity contribution < 1.29 is 17.9 Å². The highest BCUT2D eigenvalue weighted by Crippen LogP contribution is 2.26. The fourth-order valence-electron chi connectivity index (χ4n) is 3.34. The van der Waals surface area contributed by atoms with Crippen LogP contribution in [0.25, 0.3) is 10.8 Å². The van der Waals surface area contributed by atoms with Crippen LogP contribution in [0.1, 0.15) is 23.2 Å². The van der Waals surface area contributed by atoms with Gasteiger partial charge in [0, 0.05) is 38.7 Å². The minimum atomic E-state index is -3.49. The van der Waals surface area contributed by atoms with Crippen molar-refractivity contribution in [1.82, 2.24) is 8.61 Å². The first-order valence-electron chi connectivity index (χ1n) is 8.62. The lowest BCUT2D eigenvalue weighted by Crippen LogP contribution is -2.46. The number of fused-ring (bicyclic) bond motifs is 1. The van der Waals surface area contributed by atoms with E-state index in [1.165, 1.54) is 22.7 Å². The van der Waals surface area contributed by atoms with Crippen molar-refractivity contribution in [3.63, 3.8) is 0 Å². The van der Waals surface area contributed by atoms with E-state index in [-0.39, 0.29) is 18.2 Å². The van der Waals surface area contributed by atoms with Crippen molar-refractivity contribution in [2.75, 3.05) is 34.3 Å². The summed E-state index contributed by atoms with van der Waals surface area (Å²) in [5.41, 5.74) is 0.622. The quantitative estimate of drug-likeness (QED) is 0.752. The predicted octanol–water partition coefficient (Wildman–Crippen LogP) is 2.55. The standard InChI is InChI=1S/C19H24N2O4S/c1-20(2)26(23,24)21-10-4-5-17(13-21)19(22)16-7-6-15-12-18(25-3)9-8-14(15)11-16/h6-9,11-12,17H,4-5,10,13H2,1-3H3. The molecule has 0 aliphatic carbocycles. The maximum absolute atomic E-state index is 12.9. The molecule has 1 aliphatic rings. The number of hydrogen-bond acceptors (Lipinski definition) is 4. The van der Waals surface area contributed by atoms with Crippen LogP contribution in [0, 0.1) is 5.92 Å². The Morgan fingerprint density at radius 1 is 1.15 bits per heavy atom. The highest BCUT2D eigenvalue weighted by atomic mass is 32.2. The van der Waals surface area contributed by atoms with Gasteiger partial charge in [-0.25, -0.2) is 0 Å². The second kappa shape index (κ2) is 7.34. The van der Waals surface area contributed by atoms with Gasteiger partial charge in [-0.1, -0.05) is 18.2 Å². The van der Waals surface area contributed by atoms with Crippen LogP contribution in [0.3, 0.4) is 0 Å². The zero-order chi connectivity index (χ0) is 18.9. The molecule has 6 nitrogen and oxygen atoms in total. The minimum absolute atomic E-state index is 0.00127. The Morgan fingerprint density at radius 2 is 1.85 bits per heavy atom. The number of benzene rings is 2. The minimum Gasteiger partial charge on any atom is -0.497 e. The number of rotatable bonds is 5. The molecule has 0 amide bonds. The largest absolute Gasteiger partial charge is 0.497 e. The summed E-state index contributed by atoms with van der Waals surface area (Å²) in [4.78, 5) is 12.9. The van der Waals surface area contributed by atoms with Crippen LogP contribution in [-0.2, 0) is 10.2 Å². The Hall–Kier alpha value is -1.96. The lowest BCUT2D eigenvalue weighted by molar-refractivity contribution is 0.0870. The fourth-order valence-corrected chi connectivity index (χ4v) is 4.53. The molecule has 1 saturated heterocycles. The molecule has 1 aliphatic heterocycles. The van der Waals surface area contributed by atoms with Gasteiger partial charge in [0.25, 0.3) is 10.2 Å². The van der Waals surface area contributed by atoms with Gasteiger partial charge >= 0.3 is 0 Å². The molecular formula is C19H24N2O4S. The Bertz CT molecular complexity index is 924. The second-order valence-electron chi connectivity index (χ2n) is 6.78. The summed E-state index contributed by atoms with van der Waals surface area (Å²) in [5, 5.41) is 1.96. The van der Waals surface area contributed by atoms with E-state index >= 15 is 0 Å². The number of ketones is 1. The van der Waals surface area contributed by atoms with Gasteiger partial charge in [0.15, 0.2) is 5.78 Å². The molecule has 1 unspecified atom stereocenters. The maximum atomic E-state index is 12.9. The molecule has 0 saturated carbocycles. The molecule has 7 heteroatoms. The first kappa shape index (κ1) is 18.8. The van der Waals surface area contributed by atoms with Crippen molar-refractivity contribution in [2.45, 2.75) is 12.8 Å². The van der Waals surface area contributed by atoms with Gasteiger partial charge < -0.3 is 4.74 Å². The van der Waals surface area contributed by atoms with Gasteiger partial charge in [-0.15, -0.1) is 0 Å². The molecule has 140 valence electrons. The van der Waals surface area contributed by atoms with E-state index in [1.807, 2.05) is 36.4 Å². The van der Waals surface area contributed by atoms with E-state index in [4.69, 9.17) is 4.74 Å². The van der Waals surface area contributed by atoms with Gasteiger partial charge in [0.1, 0.15) is 5.75 Å². The molecule has 0 radical (unpaired) electrons. The molecule has 3 rings (SSSR count). The molecule has 0 bridgehead atoms. The van der Waals surface area contributed by atoms with Crippen LogP contribution in [0.4, 0.5) is 0 Å². The van der Waals surface area contributed by atoms with Crippen LogP contribution in [-0.4, -0.2) is 57.1 Å². The van der Waals surface area contributed by atoms with Gasteiger partial charge in [0.05, 0.1) is 7.11 Å². The molecule has 1 heterocycles. The van der Waals surface area contributed by atoms with Crippen molar-refractivity contribution in [1.29, 1.82) is 0 Å². The zero-order valence-electron chi connectivity index (χ0n) is 15.3. The number of ether oxygens (including phenoxy) is 1. The average molecular weight is 376 g/mol. The molecule has 2 aromatic rings. The van der Waals surface area contributed by atoms with E-state index in [1.54, 1.807) is 7.11 Å². The Labute approximate surface area is 154 Å². The summed E-state index contributed by atoms with van der Waals surface area (Å²) in [6.07, 6.45) is 1.40. The summed E-state index contributed by atoms with van der Waals surface area (Å²) in [6, 6.07) is 11.3. The number of nitrogens with zero attached hydrogens (tertiary/aromatic N) is 2. The van der Waals surface area contributed by atoms with Gasteiger partial charge in [0.2, 0.25) is 0 Å². The normalized spacial score (nSPS) is 19.0. The summed E-state index contributed by atoms with van der Waals surface area (Å²) < 4.78 is 32.5. The molecule has 26 heavy (non-hydrogen) atoms. The SMILES string of the molecule is COc1ccc2cc(C(=O)C3CCCN(S(=O)(=O)N(C)C)C3)ccc2c1. The van der Waals surface area contributed by atoms with E-state index < -0.39 is 10.2 Å². The first-order valence-corrected chi connectivity index (χ1v) is 10.0. The smallest absolute Gasteiger partial charge is 0.281 e. The third kappa shape index (κ3) is 3.60. The van der Waals surface area contributed by atoms with Gasteiger partial charge in [-0.05, 0) is 41.8 Å². The van der Waals surface area contributed by atoms with Crippen LogP contribution in [0.2, 0.25) is 0 Å². The van der Waals surface area contributed by atoms with Gasteiger partial charge in [-0.3, -0.25) is 4.79 Å². The average Bonchev–Trinajstić information content (AvgIpc) is 2.66. The van der Waals surface area contributed by atoms with Crippen molar-refractivity contribution in [2.24, 2.45) is 5.92 Å². The molecule has 2 aromatic carbocycles. The molecular weight excluding hydrogens is 352 g/mol. The summed E-state index contributed by atoms with van der Waals surface area (Å²) >= 11 is 0. The Kier molecular flexibility index (Phi) is 5.32. The summed E-state index contributed by atoms with van der Waals surface area (Å²) in [6.45, 7) is 0.696. The third-order valence-electron chi connectivity index (χ3n) is 4.87. The zero-order valence-corrected chi connectivity index (χ0v) is 16.1. The monoisotopic (exact) mass is 376 g/mol. The lowest BCUT2D eigenvalue weighted by Gasteiger charge is -2.32. The molecule has 0 N–H and O–H groups in total. The molecule has 0 spiro atoms. The van der Waals surface area contributed by atoms with Crippen LogP contribution >= 0.6 is 0 Å². The molecule has 1 atom stereocenters. The number of carbonyl (C=O) groups excluding carboxylic acids is 1. The van der Waals surface area contributed by atoms with Crippen LogP contribution in [0.15, 0.2) is 36.4 Å². The third-order valence-corrected chi connectivity index (χ3v) is 6.78. The molecule has 1 fully saturated rings. The highest BCUT2D eigenvalue weighted by Gasteiger charge is 2.33. The van der Waals surface area contributed by atoms with Crippen LogP contribution in [0.5, 0.6) is 5.75 Å². The predicted molar refractivity (Wildman–Crippen MR) is 102 cm³/mol. The summed E-state index contributed by atoms with van der Waals surface area (Å²) in [5.74, 6) is 0.462. The van der Waals surface area contributed by atoms with E-state index in [9.17, 15) is 13.2 Å². The number of Topliss-reactive ketones (excluding diaryl/α,β-unsaturated/α-hetero) is 1. The Morgan fingerprint density at radius 3 is 2.54 bits per heavy atom. The highest BCUT2D eigenvalue weighted by molar-refractivity contribution is 7.86. The van der Waals surface area contributed by atoms with Crippen LogP contribution < -0.4 is 4.74 Å². The second-order valence-corrected chi connectivity index (χ2v) is 8.92. The maximum Gasteiger partial charge on any atom is 0.281 e. The van der Waals surface area contributed by atoms with E-state index in [0.717, 1.165) is 16.5 Å².